The average molecular weight is 523 g/mol. The van der Waals surface area contributed by atoms with Gasteiger partial charge in [-0.15, -0.1) is 0 Å². The monoisotopic (exact) mass is 522 g/mol. The molecule has 0 spiro atoms. The Morgan fingerprint density at radius 2 is 1.76 bits per heavy atom. The minimum Gasteiger partial charge on any atom is -0.491 e. The van der Waals surface area contributed by atoms with Gasteiger partial charge in [0.05, 0.1) is 11.7 Å². The lowest BCUT2D eigenvalue weighted by Crippen LogP contribution is -2.37. The Bertz CT molecular complexity index is 1410. The highest BCUT2D eigenvalue weighted by molar-refractivity contribution is 5.87. The van der Waals surface area contributed by atoms with Gasteiger partial charge in [-0.1, -0.05) is 6.07 Å². The summed E-state index contributed by atoms with van der Waals surface area (Å²) in [6.45, 7) is 6.17. The van der Waals surface area contributed by atoms with Gasteiger partial charge in [0.2, 0.25) is 0 Å². The van der Waals surface area contributed by atoms with Crippen LogP contribution in [-0.2, 0) is 6.54 Å². The molecular formula is C30H32F2N2O4. The standard InChI is InChI=1S/C30H32F2N2O4/c1-18(2)38-28-16-25(20-5-6-26(31)27(32)14-20)24(19-3-4-19)13-22(28)17-33-10-8-23(9-11-33)34-12-7-21(30(36)37)15-29(34)35/h5-7,12-16,18-19,23H,3-4,8-11,17H2,1-2H3,(H,36,37). The van der Waals surface area contributed by atoms with Crippen LogP contribution in [0.25, 0.3) is 11.1 Å². The van der Waals surface area contributed by atoms with Crippen molar-refractivity contribution in [1.82, 2.24) is 9.47 Å². The fourth-order valence-corrected chi connectivity index (χ4v) is 5.30. The van der Waals surface area contributed by atoms with Crippen molar-refractivity contribution in [2.45, 2.75) is 64.1 Å². The summed E-state index contributed by atoms with van der Waals surface area (Å²) in [4.78, 5) is 26.0. The quantitative estimate of drug-likeness (QED) is 0.393. The molecule has 1 aliphatic carbocycles. The number of nitrogens with zero attached hydrogens (tertiary/aromatic N) is 2. The SMILES string of the molecule is CC(C)Oc1cc(-c2ccc(F)c(F)c2)c(C2CC2)cc1CN1CCC(n2ccc(C(=O)O)cc2=O)CC1. The van der Waals surface area contributed by atoms with Crippen LogP contribution in [0.2, 0.25) is 0 Å². The van der Waals surface area contributed by atoms with Crippen molar-refractivity contribution in [2.75, 3.05) is 13.1 Å². The number of aromatic carboxylic acids is 1. The number of benzene rings is 2. The molecule has 5 rings (SSSR count). The highest BCUT2D eigenvalue weighted by Crippen LogP contribution is 2.47. The van der Waals surface area contributed by atoms with Crippen molar-refractivity contribution in [3.8, 4) is 16.9 Å². The second kappa shape index (κ2) is 10.7. The number of rotatable bonds is 8. The van der Waals surface area contributed by atoms with Gasteiger partial charge >= 0.3 is 5.97 Å². The fourth-order valence-electron chi connectivity index (χ4n) is 5.30. The van der Waals surface area contributed by atoms with Crippen LogP contribution in [0.5, 0.6) is 5.75 Å². The molecule has 0 radical (unpaired) electrons. The summed E-state index contributed by atoms with van der Waals surface area (Å²) < 4.78 is 35.6. The van der Waals surface area contributed by atoms with Crippen molar-refractivity contribution in [3.05, 3.63) is 87.3 Å². The summed E-state index contributed by atoms with van der Waals surface area (Å²) in [6, 6.07) is 10.9. The van der Waals surface area contributed by atoms with Gasteiger partial charge in [0, 0.05) is 43.5 Å². The van der Waals surface area contributed by atoms with Crippen molar-refractivity contribution >= 4 is 5.97 Å². The van der Waals surface area contributed by atoms with Crippen LogP contribution in [0.4, 0.5) is 8.78 Å². The minimum absolute atomic E-state index is 0.000317. The number of halogens is 2. The average Bonchev–Trinajstić information content (AvgIpc) is 3.72. The van der Waals surface area contributed by atoms with Crippen LogP contribution in [0, 0.1) is 11.6 Å². The molecule has 0 atom stereocenters. The van der Waals surface area contributed by atoms with Crippen LogP contribution in [0.3, 0.4) is 0 Å². The molecular weight excluding hydrogens is 490 g/mol. The zero-order chi connectivity index (χ0) is 27.0. The topological polar surface area (TPSA) is 71.8 Å². The first-order chi connectivity index (χ1) is 18.2. The smallest absolute Gasteiger partial charge is 0.335 e. The molecule has 1 saturated carbocycles. The Balaban J connectivity index is 1.38. The minimum atomic E-state index is -1.11. The first-order valence-corrected chi connectivity index (χ1v) is 13.2. The summed E-state index contributed by atoms with van der Waals surface area (Å²) >= 11 is 0. The predicted octanol–water partition coefficient (Wildman–Crippen LogP) is 5.99. The number of carbonyl (C=O) groups is 1. The lowest BCUT2D eigenvalue weighted by atomic mass is 9.93. The number of carboxylic acids is 1. The maximum Gasteiger partial charge on any atom is 0.335 e. The maximum absolute atomic E-state index is 14.1. The van der Waals surface area contributed by atoms with E-state index in [1.807, 2.05) is 19.9 Å². The third-order valence-corrected chi connectivity index (χ3v) is 7.38. The van der Waals surface area contributed by atoms with Crippen LogP contribution >= 0.6 is 0 Å². The Kier molecular flexibility index (Phi) is 7.34. The summed E-state index contributed by atoms with van der Waals surface area (Å²) in [5.74, 6) is -1.69. The molecule has 2 fully saturated rings. The molecule has 1 N–H and O–H groups in total. The highest BCUT2D eigenvalue weighted by atomic mass is 19.2. The zero-order valence-electron chi connectivity index (χ0n) is 21.6. The first kappa shape index (κ1) is 26.1. The van der Waals surface area contributed by atoms with E-state index in [4.69, 9.17) is 9.84 Å². The van der Waals surface area contributed by atoms with Gasteiger partial charge in [0.25, 0.3) is 5.56 Å². The molecule has 2 aromatic carbocycles. The largest absolute Gasteiger partial charge is 0.491 e. The van der Waals surface area contributed by atoms with E-state index in [-0.39, 0.29) is 23.3 Å². The second-order valence-corrected chi connectivity index (χ2v) is 10.6. The lowest BCUT2D eigenvalue weighted by Gasteiger charge is -2.33. The number of hydrogen-bond acceptors (Lipinski definition) is 4. The number of carboxylic acid groups (broad SMARTS) is 1. The summed E-state index contributed by atoms with van der Waals surface area (Å²) in [6.07, 6.45) is 5.22. The van der Waals surface area contributed by atoms with E-state index in [1.54, 1.807) is 16.8 Å². The zero-order valence-corrected chi connectivity index (χ0v) is 21.6. The number of ether oxygens (including phenoxy) is 1. The Morgan fingerprint density at radius 1 is 1.03 bits per heavy atom. The molecule has 2 aliphatic rings. The van der Waals surface area contributed by atoms with Crippen molar-refractivity contribution < 1.29 is 23.4 Å². The molecule has 6 nitrogen and oxygen atoms in total. The lowest BCUT2D eigenvalue weighted by molar-refractivity contribution is 0.0696. The third-order valence-electron chi connectivity index (χ3n) is 7.38. The van der Waals surface area contributed by atoms with Gasteiger partial charge in [0.1, 0.15) is 5.75 Å². The Morgan fingerprint density at radius 3 is 2.37 bits per heavy atom. The predicted molar refractivity (Wildman–Crippen MR) is 141 cm³/mol. The molecule has 0 bridgehead atoms. The number of aromatic nitrogens is 1. The Hall–Kier alpha value is -3.52. The van der Waals surface area contributed by atoms with E-state index in [2.05, 4.69) is 11.0 Å². The van der Waals surface area contributed by atoms with E-state index in [0.29, 0.717) is 18.0 Å². The van der Waals surface area contributed by atoms with Crippen LogP contribution in [0.15, 0.2) is 53.5 Å². The number of piperidine rings is 1. The van der Waals surface area contributed by atoms with Crippen molar-refractivity contribution in [2.24, 2.45) is 0 Å². The summed E-state index contributed by atoms with van der Waals surface area (Å²) in [5.41, 5.74) is 3.44. The molecule has 1 aliphatic heterocycles. The summed E-state index contributed by atoms with van der Waals surface area (Å²) in [7, 11) is 0. The molecule has 1 aromatic heterocycles. The van der Waals surface area contributed by atoms with Gasteiger partial charge in [-0.05, 0) is 92.5 Å². The van der Waals surface area contributed by atoms with Crippen molar-refractivity contribution in [1.29, 1.82) is 0 Å². The molecule has 2 heterocycles. The van der Waals surface area contributed by atoms with Gasteiger partial charge in [-0.2, -0.15) is 0 Å². The van der Waals surface area contributed by atoms with E-state index in [9.17, 15) is 18.4 Å². The number of pyridine rings is 1. The fraction of sp³-hybridized carbons (Fsp3) is 0.400. The van der Waals surface area contributed by atoms with Crippen LogP contribution in [-0.4, -0.2) is 39.7 Å². The second-order valence-electron chi connectivity index (χ2n) is 10.6. The molecule has 3 aromatic rings. The van der Waals surface area contributed by atoms with Crippen LogP contribution in [0.1, 0.15) is 73.0 Å². The molecule has 0 unspecified atom stereocenters. The summed E-state index contributed by atoms with van der Waals surface area (Å²) in [5, 5.41) is 9.13. The third kappa shape index (κ3) is 5.65. The van der Waals surface area contributed by atoms with E-state index in [1.165, 1.54) is 24.3 Å². The molecule has 8 heteroatoms. The van der Waals surface area contributed by atoms with E-state index >= 15 is 0 Å². The number of likely N-dealkylation sites (tertiary alicyclic amines) is 1. The Labute approximate surface area is 220 Å². The molecule has 38 heavy (non-hydrogen) atoms. The van der Waals surface area contributed by atoms with Gasteiger partial charge in [-0.25, -0.2) is 13.6 Å². The first-order valence-electron chi connectivity index (χ1n) is 13.2. The molecule has 1 saturated heterocycles. The van der Waals surface area contributed by atoms with Crippen molar-refractivity contribution in [3.63, 3.8) is 0 Å². The highest BCUT2D eigenvalue weighted by Gasteiger charge is 2.29. The van der Waals surface area contributed by atoms with Gasteiger partial charge in [-0.3, -0.25) is 9.69 Å². The van der Waals surface area contributed by atoms with E-state index in [0.717, 1.165) is 61.2 Å². The maximum atomic E-state index is 14.1. The number of hydrogen-bond donors (Lipinski definition) is 1. The van der Waals surface area contributed by atoms with E-state index < -0.39 is 17.6 Å². The van der Waals surface area contributed by atoms with Gasteiger partial charge < -0.3 is 14.4 Å². The normalized spacial score (nSPS) is 16.7. The molecule has 200 valence electrons. The van der Waals surface area contributed by atoms with Crippen LogP contribution < -0.4 is 10.3 Å². The van der Waals surface area contributed by atoms with Gasteiger partial charge in [0.15, 0.2) is 11.6 Å². The molecule has 0 amide bonds.